The third kappa shape index (κ3) is 4.69. The van der Waals surface area contributed by atoms with Crippen LogP contribution in [-0.4, -0.2) is 19.5 Å². The van der Waals surface area contributed by atoms with Crippen molar-refractivity contribution >= 4 is 54.5 Å². The minimum atomic E-state index is 0.593. The van der Waals surface area contributed by atoms with Crippen LogP contribution in [-0.2, 0) is 0 Å². The van der Waals surface area contributed by atoms with Gasteiger partial charge in [0.25, 0.3) is 0 Å². The van der Waals surface area contributed by atoms with Crippen molar-refractivity contribution in [3.8, 4) is 51.0 Å². The van der Waals surface area contributed by atoms with Crippen LogP contribution in [0.2, 0.25) is 0 Å². The number of hydrogen-bond acceptors (Lipinski definition) is 4. The van der Waals surface area contributed by atoms with Gasteiger partial charge in [-0.3, -0.25) is 0 Å². The molecule has 8 aromatic carbocycles. The quantitative estimate of drug-likeness (QED) is 0.180. The number of hydrogen-bond donors (Lipinski definition) is 0. The molecule has 0 atom stereocenters. The van der Waals surface area contributed by atoms with Gasteiger partial charge in [-0.2, -0.15) is 0 Å². The molecule has 0 spiro atoms. The molecule has 11 aromatic rings. The largest absolute Gasteiger partial charge is 0.455 e. The summed E-state index contributed by atoms with van der Waals surface area (Å²) in [5, 5.41) is 6.56. The maximum atomic E-state index is 6.80. The molecule has 0 radical (unpaired) electrons. The third-order valence-corrected chi connectivity index (χ3v) is 10.4. The maximum Gasteiger partial charge on any atom is 0.164 e. The first-order valence-electron chi connectivity index (χ1n) is 18.1. The van der Waals surface area contributed by atoms with Crippen molar-refractivity contribution in [2.24, 2.45) is 0 Å². The summed E-state index contributed by atoms with van der Waals surface area (Å²) in [6.45, 7) is 0. The van der Waals surface area contributed by atoms with Crippen molar-refractivity contribution in [1.82, 2.24) is 19.5 Å². The predicted molar refractivity (Wildman–Crippen MR) is 221 cm³/mol. The summed E-state index contributed by atoms with van der Waals surface area (Å²) in [6.07, 6.45) is 0. The van der Waals surface area contributed by atoms with E-state index in [0.717, 1.165) is 66.1 Å². The normalized spacial score (nSPS) is 11.7. The molecule has 3 aromatic heterocycles. The Bertz CT molecular complexity index is 3140. The van der Waals surface area contributed by atoms with Gasteiger partial charge in [-0.25, -0.2) is 15.0 Å². The number of benzene rings is 8. The zero-order valence-electron chi connectivity index (χ0n) is 29.0. The van der Waals surface area contributed by atoms with Crippen LogP contribution in [0.1, 0.15) is 0 Å². The second kappa shape index (κ2) is 12.1. The Morgan fingerprint density at radius 3 is 1.61 bits per heavy atom. The van der Waals surface area contributed by atoms with Gasteiger partial charge in [0.1, 0.15) is 11.2 Å². The first-order chi connectivity index (χ1) is 26.8. The minimum absolute atomic E-state index is 0.593. The molecule has 11 rings (SSSR count). The zero-order valence-corrected chi connectivity index (χ0v) is 29.0. The first-order valence-corrected chi connectivity index (χ1v) is 18.1. The Morgan fingerprint density at radius 2 is 0.907 bits per heavy atom. The van der Waals surface area contributed by atoms with Gasteiger partial charge in [-0.1, -0.05) is 158 Å². The van der Waals surface area contributed by atoms with Crippen LogP contribution in [0.25, 0.3) is 105 Å². The zero-order chi connectivity index (χ0) is 35.6. The van der Waals surface area contributed by atoms with Crippen LogP contribution in [0.3, 0.4) is 0 Å². The highest BCUT2D eigenvalue weighted by atomic mass is 16.3. The van der Waals surface area contributed by atoms with Crippen LogP contribution in [0.15, 0.2) is 186 Å². The third-order valence-electron chi connectivity index (χ3n) is 10.4. The molecule has 0 bridgehead atoms. The highest BCUT2D eigenvalue weighted by Crippen LogP contribution is 2.44. The van der Waals surface area contributed by atoms with Gasteiger partial charge < -0.3 is 8.98 Å². The first kappa shape index (κ1) is 30.3. The van der Waals surface area contributed by atoms with E-state index in [1.807, 2.05) is 72.8 Å². The van der Waals surface area contributed by atoms with E-state index >= 15 is 0 Å². The van der Waals surface area contributed by atoms with Crippen molar-refractivity contribution in [2.75, 3.05) is 0 Å². The molecule has 252 valence electrons. The van der Waals surface area contributed by atoms with E-state index in [1.165, 1.54) is 21.9 Å². The van der Waals surface area contributed by atoms with Crippen LogP contribution in [0, 0.1) is 0 Å². The average molecular weight is 691 g/mol. The van der Waals surface area contributed by atoms with Crippen LogP contribution in [0.4, 0.5) is 0 Å². The van der Waals surface area contributed by atoms with E-state index in [2.05, 4.69) is 114 Å². The molecular formula is C49H30N4O. The van der Waals surface area contributed by atoms with E-state index < -0.39 is 0 Å². The summed E-state index contributed by atoms with van der Waals surface area (Å²) in [6, 6.07) is 63.2. The Balaban J connectivity index is 1.23. The second-order valence-electron chi connectivity index (χ2n) is 13.6. The molecule has 54 heavy (non-hydrogen) atoms. The summed E-state index contributed by atoms with van der Waals surface area (Å²) < 4.78 is 9.22. The number of fused-ring (bicyclic) bond motifs is 8. The molecule has 0 aliphatic carbocycles. The second-order valence-corrected chi connectivity index (χ2v) is 13.6. The Hall–Kier alpha value is -7.37. The van der Waals surface area contributed by atoms with Crippen molar-refractivity contribution in [3.05, 3.63) is 182 Å². The number of aromatic nitrogens is 4. The van der Waals surface area contributed by atoms with Gasteiger partial charge in [0.05, 0.1) is 16.7 Å². The van der Waals surface area contributed by atoms with Crippen molar-refractivity contribution in [1.29, 1.82) is 0 Å². The molecule has 0 N–H and O–H groups in total. The van der Waals surface area contributed by atoms with E-state index in [-0.39, 0.29) is 0 Å². The molecule has 0 aliphatic rings. The summed E-state index contributed by atoms with van der Waals surface area (Å²) >= 11 is 0. The topological polar surface area (TPSA) is 56.7 Å². The van der Waals surface area contributed by atoms with E-state index in [9.17, 15) is 0 Å². The minimum Gasteiger partial charge on any atom is -0.455 e. The molecule has 0 fully saturated rings. The fourth-order valence-corrected chi connectivity index (χ4v) is 8.07. The Morgan fingerprint density at radius 1 is 0.370 bits per heavy atom. The van der Waals surface area contributed by atoms with Crippen LogP contribution in [0.5, 0.6) is 0 Å². The molecule has 0 saturated heterocycles. The number of rotatable bonds is 5. The predicted octanol–water partition coefficient (Wildman–Crippen LogP) is 12.7. The fourth-order valence-electron chi connectivity index (χ4n) is 8.07. The number of furan rings is 1. The monoisotopic (exact) mass is 690 g/mol. The van der Waals surface area contributed by atoms with Crippen molar-refractivity contribution in [3.63, 3.8) is 0 Å². The van der Waals surface area contributed by atoms with Gasteiger partial charge >= 0.3 is 0 Å². The van der Waals surface area contributed by atoms with Gasteiger partial charge in [-0.15, -0.1) is 0 Å². The smallest absolute Gasteiger partial charge is 0.164 e. The van der Waals surface area contributed by atoms with Gasteiger partial charge in [0.15, 0.2) is 17.5 Å². The lowest BCUT2D eigenvalue weighted by Gasteiger charge is -2.13. The van der Waals surface area contributed by atoms with E-state index in [1.54, 1.807) is 0 Å². The summed E-state index contributed by atoms with van der Waals surface area (Å²) in [7, 11) is 0. The number of para-hydroxylation sites is 1. The maximum absolute atomic E-state index is 6.80. The Kier molecular flexibility index (Phi) is 6.79. The summed E-state index contributed by atoms with van der Waals surface area (Å²) in [5.41, 5.74) is 10.1. The van der Waals surface area contributed by atoms with Gasteiger partial charge in [0.2, 0.25) is 0 Å². The standard InChI is InChI=1S/C49H30N4O/c1-4-16-31(17-5-1)34-25-14-28-41-44(34)37-24-12-13-27-40(37)53(41)42-30-39-45-38(26-15-29-43(45)54-46(39)36-23-11-10-22-35(36)42)49-51-47(32-18-6-2-7-19-32)50-48(52-49)33-20-8-3-9-21-33/h1-30H. The highest BCUT2D eigenvalue weighted by molar-refractivity contribution is 6.22. The van der Waals surface area contributed by atoms with Crippen LogP contribution >= 0.6 is 0 Å². The molecule has 5 heteroatoms. The van der Waals surface area contributed by atoms with E-state index in [4.69, 9.17) is 19.4 Å². The molecule has 5 nitrogen and oxygen atoms in total. The Labute approximate surface area is 310 Å². The lowest BCUT2D eigenvalue weighted by molar-refractivity contribution is 0.672. The van der Waals surface area contributed by atoms with Crippen molar-refractivity contribution in [2.45, 2.75) is 0 Å². The van der Waals surface area contributed by atoms with Gasteiger partial charge in [-0.05, 0) is 35.4 Å². The lowest BCUT2D eigenvalue weighted by atomic mass is 9.99. The molecule has 0 saturated carbocycles. The van der Waals surface area contributed by atoms with Crippen molar-refractivity contribution < 1.29 is 4.42 Å². The summed E-state index contributed by atoms with van der Waals surface area (Å²) in [5.74, 6) is 1.83. The summed E-state index contributed by atoms with van der Waals surface area (Å²) in [4.78, 5) is 15.2. The van der Waals surface area contributed by atoms with Gasteiger partial charge in [0, 0.05) is 49.0 Å². The number of nitrogens with zero attached hydrogens (tertiary/aromatic N) is 4. The molecule has 0 amide bonds. The molecule has 0 aliphatic heterocycles. The fraction of sp³-hybridized carbons (Fsp3) is 0. The lowest BCUT2D eigenvalue weighted by Crippen LogP contribution is -2.00. The molecule has 3 heterocycles. The SMILES string of the molecule is c1ccc(-c2nc(-c3ccccc3)nc(-c3cccc4oc5c6ccccc6c(-n6c7ccccc7c7c(-c8ccccc8)cccc76)cc5c34)n2)cc1. The van der Waals surface area contributed by atoms with Crippen LogP contribution < -0.4 is 0 Å². The molecule has 0 unspecified atom stereocenters. The average Bonchev–Trinajstić information content (AvgIpc) is 3.80. The highest BCUT2D eigenvalue weighted by Gasteiger charge is 2.23. The van der Waals surface area contributed by atoms with E-state index in [0.29, 0.717) is 17.5 Å². The molecular weight excluding hydrogens is 661 g/mol.